The summed E-state index contributed by atoms with van der Waals surface area (Å²) in [5.74, 6) is -1.63. The first-order chi connectivity index (χ1) is 18.9. The number of carbonyl (C=O) groups is 1. The van der Waals surface area contributed by atoms with Gasteiger partial charge in [-0.25, -0.2) is 9.78 Å². The van der Waals surface area contributed by atoms with Crippen LogP contribution in [0.15, 0.2) is 79.0 Å². The molecule has 1 atom stereocenters. The third kappa shape index (κ3) is 6.48. The lowest BCUT2D eigenvalue weighted by molar-refractivity contribution is -0.384. The summed E-state index contributed by atoms with van der Waals surface area (Å²) in [6.45, 7) is 1.84. The third-order valence-electron chi connectivity index (χ3n) is 5.90. The number of benzene rings is 3. The SMILES string of the molecule is CC(Nc1nccc(N(c2ccc([N+](=O)[O-])cc2)S(=O)(=O)O)n1)c1ccc(Cc2ccc(C(=O)O)c(O)c2)cc1. The Hall–Kier alpha value is -5.08. The van der Waals surface area contributed by atoms with Crippen LogP contribution in [0.4, 0.5) is 23.1 Å². The number of aromatic nitrogens is 2. The second-order valence-corrected chi connectivity index (χ2v) is 9.96. The number of anilines is 3. The lowest BCUT2D eigenvalue weighted by Crippen LogP contribution is -2.26. The van der Waals surface area contributed by atoms with E-state index in [4.69, 9.17) is 5.11 Å². The molecule has 4 rings (SSSR count). The van der Waals surface area contributed by atoms with Crippen molar-refractivity contribution < 1.29 is 32.9 Å². The Balaban J connectivity index is 1.49. The maximum Gasteiger partial charge on any atom is 0.365 e. The van der Waals surface area contributed by atoms with Gasteiger partial charge < -0.3 is 15.5 Å². The predicted octanol–water partition coefficient (Wildman–Crippen LogP) is 4.49. The molecule has 0 saturated heterocycles. The first-order valence-corrected chi connectivity index (χ1v) is 13.1. The maximum absolute atomic E-state index is 12.2. The first-order valence-electron chi connectivity index (χ1n) is 11.7. The minimum Gasteiger partial charge on any atom is -0.507 e. The van der Waals surface area contributed by atoms with Crippen molar-refractivity contribution in [2.75, 3.05) is 9.62 Å². The van der Waals surface area contributed by atoms with Gasteiger partial charge >= 0.3 is 16.3 Å². The van der Waals surface area contributed by atoms with E-state index >= 15 is 0 Å². The zero-order valence-corrected chi connectivity index (χ0v) is 21.7. The summed E-state index contributed by atoms with van der Waals surface area (Å²) in [4.78, 5) is 29.7. The molecule has 0 radical (unpaired) electrons. The highest BCUT2D eigenvalue weighted by Crippen LogP contribution is 2.29. The number of aromatic hydroxyl groups is 1. The molecular weight excluding hydrogens is 542 g/mol. The molecule has 0 amide bonds. The molecule has 1 aromatic heterocycles. The molecule has 0 aliphatic heterocycles. The Morgan fingerprint density at radius 3 is 2.27 bits per heavy atom. The van der Waals surface area contributed by atoms with Gasteiger partial charge in [-0.1, -0.05) is 30.3 Å². The number of carboxylic acids is 1. The lowest BCUT2D eigenvalue weighted by atomic mass is 10.00. The van der Waals surface area contributed by atoms with Crippen LogP contribution in [-0.2, 0) is 16.7 Å². The minimum absolute atomic E-state index is 0.0627. The van der Waals surface area contributed by atoms with E-state index in [1.54, 1.807) is 6.07 Å². The van der Waals surface area contributed by atoms with Crippen LogP contribution in [0.3, 0.4) is 0 Å². The molecule has 4 N–H and O–H groups in total. The summed E-state index contributed by atoms with van der Waals surface area (Å²) in [5, 5.41) is 33.0. The number of nitro groups is 1. The molecular formula is C26H23N5O8S. The van der Waals surface area contributed by atoms with E-state index in [9.17, 15) is 33.0 Å². The molecule has 0 aliphatic rings. The largest absolute Gasteiger partial charge is 0.507 e. The number of hydrogen-bond donors (Lipinski definition) is 4. The van der Waals surface area contributed by atoms with Crippen LogP contribution in [0.25, 0.3) is 0 Å². The van der Waals surface area contributed by atoms with Crippen LogP contribution in [-0.4, -0.2) is 44.0 Å². The minimum atomic E-state index is -4.84. The van der Waals surface area contributed by atoms with Gasteiger partial charge in [0.05, 0.1) is 16.7 Å². The molecule has 0 fully saturated rings. The Morgan fingerprint density at radius 1 is 1.05 bits per heavy atom. The molecule has 0 spiro atoms. The zero-order chi connectivity index (χ0) is 29.0. The molecule has 4 aromatic rings. The molecule has 1 heterocycles. The molecule has 0 aliphatic carbocycles. The predicted molar refractivity (Wildman–Crippen MR) is 145 cm³/mol. The second kappa shape index (κ2) is 11.3. The molecule has 0 saturated carbocycles. The summed E-state index contributed by atoms with van der Waals surface area (Å²) in [6.07, 6.45) is 1.77. The molecule has 1 unspecified atom stereocenters. The number of carboxylic acid groups (broad SMARTS) is 1. The Bertz CT molecular complexity index is 1660. The number of nitro benzene ring substituents is 1. The lowest BCUT2D eigenvalue weighted by Gasteiger charge is -2.21. The normalized spacial score (nSPS) is 11.9. The Kier molecular flexibility index (Phi) is 7.93. The smallest absolute Gasteiger partial charge is 0.365 e. The van der Waals surface area contributed by atoms with Gasteiger partial charge in [0.1, 0.15) is 11.3 Å². The maximum atomic E-state index is 12.2. The average molecular weight is 566 g/mol. The van der Waals surface area contributed by atoms with Crippen LogP contribution in [0.5, 0.6) is 5.75 Å². The highest BCUT2D eigenvalue weighted by Gasteiger charge is 2.25. The van der Waals surface area contributed by atoms with Gasteiger partial charge in [-0.15, -0.1) is 0 Å². The second-order valence-electron chi connectivity index (χ2n) is 8.70. The Labute approximate surface area is 228 Å². The fraction of sp³-hybridized carbons (Fsp3) is 0.115. The van der Waals surface area contributed by atoms with Crippen molar-refractivity contribution >= 4 is 39.4 Å². The fourth-order valence-electron chi connectivity index (χ4n) is 3.93. The summed E-state index contributed by atoms with van der Waals surface area (Å²) in [5.41, 5.74) is 2.03. The van der Waals surface area contributed by atoms with Crippen molar-refractivity contribution in [3.63, 3.8) is 0 Å². The summed E-state index contributed by atoms with van der Waals surface area (Å²) < 4.78 is 34.7. The summed E-state index contributed by atoms with van der Waals surface area (Å²) >= 11 is 0. The van der Waals surface area contributed by atoms with E-state index in [-0.39, 0.29) is 40.5 Å². The average Bonchev–Trinajstić information content (AvgIpc) is 2.89. The van der Waals surface area contributed by atoms with Crippen LogP contribution in [0.2, 0.25) is 0 Å². The number of non-ortho nitro benzene ring substituents is 1. The number of rotatable bonds is 10. The monoisotopic (exact) mass is 565 g/mol. The molecule has 206 valence electrons. The molecule has 14 heteroatoms. The number of phenols is 1. The quantitative estimate of drug-likeness (QED) is 0.120. The van der Waals surface area contributed by atoms with E-state index < -0.39 is 21.2 Å². The van der Waals surface area contributed by atoms with Crippen LogP contribution >= 0.6 is 0 Å². The van der Waals surface area contributed by atoms with E-state index in [2.05, 4.69) is 15.3 Å². The number of aromatic carboxylic acids is 1. The number of hydrogen-bond acceptors (Lipinski definition) is 9. The van der Waals surface area contributed by atoms with Gasteiger partial charge in [-0.2, -0.15) is 17.7 Å². The standard InChI is InChI=1S/C26H23N5O8S/c1-16(19-5-2-17(3-6-19)14-18-4-11-22(25(33)34)23(32)15-18)28-26-27-13-12-24(29-26)30(40(37,38)39)20-7-9-21(10-8-20)31(35)36/h2-13,15-16,32H,14H2,1H3,(H,33,34)(H,27,28,29)(H,37,38,39). The van der Waals surface area contributed by atoms with Crippen molar-refractivity contribution in [1.29, 1.82) is 0 Å². The summed E-state index contributed by atoms with van der Waals surface area (Å²) in [6, 6.07) is 17.4. The Morgan fingerprint density at radius 2 is 1.70 bits per heavy atom. The van der Waals surface area contributed by atoms with Gasteiger partial charge in [0, 0.05) is 24.4 Å². The van der Waals surface area contributed by atoms with E-state index in [0.717, 1.165) is 28.8 Å². The molecule has 13 nitrogen and oxygen atoms in total. The summed E-state index contributed by atoms with van der Waals surface area (Å²) in [7, 11) is -4.84. The highest BCUT2D eigenvalue weighted by atomic mass is 32.2. The third-order valence-corrected chi connectivity index (χ3v) is 6.76. The van der Waals surface area contributed by atoms with Gasteiger partial charge in [-0.3, -0.25) is 14.7 Å². The van der Waals surface area contributed by atoms with E-state index in [0.29, 0.717) is 10.7 Å². The van der Waals surface area contributed by atoms with Crippen molar-refractivity contribution in [1.82, 2.24) is 9.97 Å². The fourth-order valence-corrected chi connectivity index (χ4v) is 4.66. The first kappa shape index (κ1) is 27.9. The van der Waals surface area contributed by atoms with E-state index in [1.165, 1.54) is 36.5 Å². The van der Waals surface area contributed by atoms with Gasteiger partial charge in [0.2, 0.25) is 5.95 Å². The van der Waals surface area contributed by atoms with Crippen molar-refractivity contribution in [2.45, 2.75) is 19.4 Å². The number of nitrogens with one attached hydrogen (secondary N) is 1. The number of nitrogens with zero attached hydrogens (tertiary/aromatic N) is 4. The van der Waals surface area contributed by atoms with Crippen LogP contribution < -0.4 is 9.62 Å². The van der Waals surface area contributed by atoms with Gasteiger partial charge in [0.15, 0.2) is 5.82 Å². The zero-order valence-electron chi connectivity index (χ0n) is 20.9. The molecule has 0 bridgehead atoms. The van der Waals surface area contributed by atoms with E-state index in [1.807, 2.05) is 31.2 Å². The molecule has 40 heavy (non-hydrogen) atoms. The van der Waals surface area contributed by atoms with Gasteiger partial charge in [0.25, 0.3) is 5.69 Å². The van der Waals surface area contributed by atoms with Crippen LogP contribution in [0, 0.1) is 10.1 Å². The van der Waals surface area contributed by atoms with Crippen LogP contribution in [0.1, 0.15) is 40.0 Å². The molecule has 3 aromatic carbocycles. The van der Waals surface area contributed by atoms with Crippen molar-refractivity contribution in [3.05, 3.63) is 111 Å². The van der Waals surface area contributed by atoms with Crippen molar-refractivity contribution in [2.24, 2.45) is 0 Å². The van der Waals surface area contributed by atoms with Gasteiger partial charge in [-0.05, 0) is 54.3 Å². The van der Waals surface area contributed by atoms with Crippen molar-refractivity contribution in [3.8, 4) is 5.75 Å². The topological polar surface area (TPSA) is 196 Å². The highest BCUT2D eigenvalue weighted by molar-refractivity contribution is 7.87.